The van der Waals surface area contributed by atoms with E-state index in [2.05, 4.69) is 115 Å². The van der Waals surface area contributed by atoms with Crippen LogP contribution in [0.1, 0.15) is 16.7 Å². The predicted octanol–water partition coefficient (Wildman–Crippen LogP) is 6.74. The fourth-order valence-electron chi connectivity index (χ4n) is 5.11. The fraction of sp³-hybridized carbons (Fsp3) is 0.0345. The molecule has 0 amide bonds. The molecule has 0 saturated heterocycles. The molecule has 1 unspecified atom stereocenters. The Labute approximate surface area is 176 Å². The summed E-state index contributed by atoms with van der Waals surface area (Å²) in [6, 6.07) is 40.7. The zero-order chi connectivity index (χ0) is 20.1. The van der Waals surface area contributed by atoms with Gasteiger partial charge in [0.1, 0.15) is 0 Å². The number of benzene rings is 5. The Balaban J connectivity index is 1.76. The molecule has 5 aromatic carbocycles. The molecule has 6 rings (SSSR count). The standard InChI is InChI=1S/C29H21N/c30-29(26-19-8-13-20-12-4-5-14-22(20)26)27-18-7-6-15-24(27)25-17-9-16-23(28(25)29)21-10-2-1-3-11-21/h1-19H,30H2. The van der Waals surface area contributed by atoms with Gasteiger partial charge in [0.25, 0.3) is 0 Å². The Bertz CT molecular complexity index is 1400. The maximum Gasteiger partial charge on any atom is 0.0947 e. The van der Waals surface area contributed by atoms with Crippen LogP contribution in [0.25, 0.3) is 33.0 Å². The molecule has 0 bridgehead atoms. The van der Waals surface area contributed by atoms with Gasteiger partial charge in [-0.25, -0.2) is 0 Å². The zero-order valence-corrected chi connectivity index (χ0v) is 16.5. The Morgan fingerprint density at radius 1 is 0.467 bits per heavy atom. The maximum atomic E-state index is 7.51. The van der Waals surface area contributed by atoms with Crippen LogP contribution in [0.5, 0.6) is 0 Å². The molecule has 1 nitrogen and oxygen atoms in total. The van der Waals surface area contributed by atoms with Crippen LogP contribution in [-0.4, -0.2) is 0 Å². The van der Waals surface area contributed by atoms with Gasteiger partial charge in [-0.3, -0.25) is 0 Å². The number of fused-ring (bicyclic) bond motifs is 4. The van der Waals surface area contributed by atoms with Gasteiger partial charge < -0.3 is 5.73 Å². The average molecular weight is 383 g/mol. The number of hydrogen-bond acceptors (Lipinski definition) is 1. The third-order valence-electron chi connectivity index (χ3n) is 6.40. The van der Waals surface area contributed by atoms with E-state index in [9.17, 15) is 0 Å². The van der Waals surface area contributed by atoms with Crippen molar-refractivity contribution in [2.75, 3.05) is 0 Å². The third kappa shape index (κ3) is 2.27. The van der Waals surface area contributed by atoms with Gasteiger partial charge in [-0.1, -0.05) is 115 Å². The van der Waals surface area contributed by atoms with Gasteiger partial charge in [-0.05, 0) is 49.7 Å². The van der Waals surface area contributed by atoms with Gasteiger partial charge >= 0.3 is 0 Å². The fourth-order valence-corrected chi connectivity index (χ4v) is 5.11. The highest BCUT2D eigenvalue weighted by Gasteiger charge is 2.43. The second kappa shape index (κ2) is 6.41. The van der Waals surface area contributed by atoms with E-state index in [1.54, 1.807) is 0 Å². The maximum absolute atomic E-state index is 7.51. The molecule has 0 saturated carbocycles. The van der Waals surface area contributed by atoms with Crippen LogP contribution in [0.4, 0.5) is 0 Å². The van der Waals surface area contributed by atoms with E-state index in [4.69, 9.17) is 5.73 Å². The van der Waals surface area contributed by atoms with Crippen molar-refractivity contribution >= 4 is 10.8 Å². The van der Waals surface area contributed by atoms with Crippen LogP contribution < -0.4 is 5.73 Å². The molecule has 0 aliphatic heterocycles. The molecule has 0 fully saturated rings. The quantitative estimate of drug-likeness (QED) is 0.359. The van der Waals surface area contributed by atoms with Crippen molar-refractivity contribution in [1.82, 2.24) is 0 Å². The highest BCUT2D eigenvalue weighted by atomic mass is 14.8. The first-order valence-electron chi connectivity index (χ1n) is 10.3. The summed E-state index contributed by atoms with van der Waals surface area (Å²) in [5, 5.41) is 2.41. The first kappa shape index (κ1) is 17.2. The van der Waals surface area contributed by atoms with E-state index < -0.39 is 5.54 Å². The minimum atomic E-state index is -0.723. The summed E-state index contributed by atoms with van der Waals surface area (Å²) in [6.45, 7) is 0. The lowest BCUT2D eigenvalue weighted by atomic mass is 9.77. The summed E-state index contributed by atoms with van der Waals surface area (Å²) in [5.41, 5.74) is 15.1. The molecular formula is C29H21N. The number of hydrogen-bond donors (Lipinski definition) is 1. The van der Waals surface area contributed by atoms with Gasteiger partial charge in [-0.15, -0.1) is 0 Å². The molecule has 0 radical (unpaired) electrons. The van der Waals surface area contributed by atoms with Crippen LogP contribution in [0.3, 0.4) is 0 Å². The third-order valence-corrected chi connectivity index (χ3v) is 6.40. The van der Waals surface area contributed by atoms with E-state index in [0.717, 1.165) is 5.56 Å². The molecular weight excluding hydrogens is 362 g/mol. The van der Waals surface area contributed by atoms with E-state index in [1.807, 2.05) is 0 Å². The average Bonchev–Trinajstić information content (AvgIpc) is 3.09. The van der Waals surface area contributed by atoms with Crippen LogP contribution in [0.2, 0.25) is 0 Å². The lowest BCUT2D eigenvalue weighted by molar-refractivity contribution is 0.680. The topological polar surface area (TPSA) is 26.0 Å². The van der Waals surface area contributed by atoms with E-state index in [0.29, 0.717) is 0 Å². The first-order chi connectivity index (χ1) is 14.8. The second-order valence-corrected chi connectivity index (χ2v) is 7.97. The molecule has 0 aromatic heterocycles. The lowest BCUT2D eigenvalue weighted by Crippen LogP contribution is -2.38. The number of rotatable bonds is 2. The molecule has 30 heavy (non-hydrogen) atoms. The lowest BCUT2D eigenvalue weighted by Gasteiger charge is -2.31. The van der Waals surface area contributed by atoms with Crippen molar-refractivity contribution in [3.63, 3.8) is 0 Å². The minimum Gasteiger partial charge on any atom is -0.314 e. The van der Waals surface area contributed by atoms with Crippen molar-refractivity contribution in [3.05, 3.63) is 132 Å². The highest BCUT2D eigenvalue weighted by molar-refractivity contribution is 5.95. The van der Waals surface area contributed by atoms with Gasteiger partial charge in [0, 0.05) is 0 Å². The van der Waals surface area contributed by atoms with E-state index in [-0.39, 0.29) is 0 Å². The van der Waals surface area contributed by atoms with Gasteiger partial charge in [-0.2, -0.15) is 0 Å². The van der Waals surface area contributed by atoms with Crippen LogP contribution in [0.15, 0.2) is 115 Å². The largest absolute Gasteiger partial charge is 0.314 e. The molecule has 1 atom stereocenters. The molecule has 1 aliphatic carbocycles. The Morgan fingerprint density at radius 2 is 1.07 bits per heavy atom. The highest BCUT2D eigenvalue weighted by Crippen LogP contribution is 2.53. The molecule has 142 valence electrons. The molecule has 0 heterocycles. The normalized spacial score (nSPS) is 17.0. The van der Waals surface area contributed by atoms with Crippen molar-refractivity contribution < 1.29 is 0 Å². The van der Waals surface area contributed by atoms with Crippen molar-refractivity contribution in [2.45, 2.75) is 5.54 Å². The number of nitrogens with two attached hydrogens (primary N) is 1. The summed E-state index contributed by atoms with van der Waals surface area (Å²) in [5.74, 6) is 0. The molecule has 0 spiro atoms. The zero-order valence-electron chi connectivity index (χ0n) is 16.5. The smallest absolute Gasteiger partial charge is 0.0947 e. The summed E-state index contributed by atoms with van der Waals surface area (Å²) in [6.07, 6.45) is 0. The van der Waals surface area contributed by atoms with Gasteiger partial charge in [0.15, 0.2) is 0 Å². The van der Waals surface area contributed by atoms with E-state index in [1.165, 1.54) is 44.2 Å². The Kier molecular flexibility index (Phi) is 3.68. The van der Waals surface area contributed by atoms with E-state index >= 15 is 0 Å². The summed E-state index contributed by atoms with van der Waals surface area (Å²) >= 11 is 0. The predicted molar refractivity (Wildman–Crippen MR) is 125 cm³/mol. The summed E-state index contributed by atoms with van der Waals surface area (Å²) in [7, 11) is 0. The Hall–Kier alpha value is -3.68. The molecule has 1 heteroatoms. The molecule has 2 N–H and O–H groups in total. The SMILES string of the molecule is NC1(c2cccc3ccccc23)c2ccccc2-c2cccc(-c3ccccc3)c21. The first-order valence-corrected chi connectivity index (χ1v) is 10.3. The van der Waals surface area contributed by atoms with Gasteiger partial charge in [0.05, 0.1) is 5.54 Å². The van der Waals surface area contributed by atoms with Crippen LogP contribution >= 0.6 is 0 Å². The Morgan fingerprint density at radius 3 is 1.97 bits per heavy atom. The van der Waals surface area contributed by atoms with Gasteiger partial charge in [0.2, 0.25) is 0 Å². The molecule has 5 aromatic rings. The molecule has 1 aliphatic rings. The summed E-state index contributed by atoms with van der Waals surface area (Å²) < 4.78 is 0. The van der Waals surface area contributed by atoms with Crippen LogP contribution in [-0.2, 0) is 5.54 Å². The van der Waals surface area contributed by atoms with Crippen molar-refractivity contribution in [1.29, 1.82) is 0 Å². The summed E-state index contributed by atoms with van der Waals surface area (Å²) in [4.78, 5) is 0. The van der Waals surface area contributed by atoms with Crippen molar-refractivity contribution in [2.24, 2.45) is 5.73 Å². The van der Waals surface area contributed by atoms with Crippen LogP contribution in [0, 0.1) is 0 Å². The van der Waals surface area contributed by atoms with Crippen molar-refractivity contribution in [3.8, 4) is 22.3 Å². The minimum absolute atomic E-state index is 0.723. The second-order valence-electron chi connectivity index (χ2n) is 7.97. The monoisotopic (exact) mass is 383 g/mol.